The van der Waals surface area contributed by atoms with Crippen molar-refractivity contribution in [1.29, 1.82) is 0 Å². The van der Waals surface area contributed by atoms with E-state index < -0.39 is 21.5 Å². The van der Waals surface area contributed by atoms with E-state index in [0.29, 0.717) is 69.3 Å². The molecule has 1 aromatic carbocycles. The van der Waals surface area contributed by atoms with Gasteiger partial charge in [0.05, 0.1) is 13.2 Å². The maximum absolute atomic E-state index is 13.8. The Morgan fingerprint density at radius 3 is 2.45 bits per heavy atom. The first-order valence-electron chi connectivity index (χ1n) is 12.2. The summed E-state index contributed by atoms with van der Waals surface area (Å²) in [5, 5.41) is 2.96. The Morgan fingerprint density at radius 2 is 1.74 bits per heavy atom. The third-order valence-electron chi connectivity index (χ3n) is 6.42. The molecular weight excluding hydrogens is 518 g/mol. The lowest BCUT2D eigenvalue weighted by Gasteiger charge is -2.41. The summed E-state index contributed by atoms with van der Waals surface area (Å²) >= 11 is 0. The number of piperazine rings is 1. The van der Waals surface area contributed by atoms with Crippen molar-refractivity contribution in [2.75, 3.05) is 72.2 Å². The van der Waals surface area contributed by atoms with Gasteiger partial charge in [0.1, 0.15) is 10.7 Å². The van der Waals surface area contributed by atoms with E-state index in [9.17, 15) is 17.2 Å². The molecule has 0 saturated carbocycles. The van der Waals surface area contributed by atoms with Crippen LogP contribution in [0.25, 0.3) is 0 Å². The maximum atomic E-state index is 13.8. The summed E-state index contributed by atoms with van der Waals surface area (Å²) in [5.41, 5.74) is 0.301. The number of hydrogen-bond acceptors (Lipinski definition) is 11. The van der Waals surface area contributed by atoms with E-state index in [1.165, 1.54) is 12.3 Å². The quantitative estimate of drug-likeness (QED) is 0.491. The zero-order valence-electron chi connectivity index (χ0n) is 21.0. The van der Waals surface area contributed by atoms with Crippen molar-refractivity contribution >= 4 is 39.2 Å². The predicted molar refractivity (Wildman–Crippen MR) is 139 cm³/mol. The van der Waals surface area contributed by atoms with Crippen LogP contribution >= 0.6 is 0 Å². The van der Waals surface area contributed by atoms with Crippen LogP contribution in [-0.4, -0.2) is 86.6 Å². The first-order valence-corrected chi connectivity index (χ1v) is 14.1. The molecule has 202 valence electrons. The van der Waals surface area contributed by atoms with Gasteiger partial charge in [-0.05, 0) is 31.2 Å². The summed E-state index contributed by atoms with van der Waals surface area (Å²) in [6.07, 6.45) is 2.75. The van der Waals surface area contributed by atoms with Gasteiger partial charge in [-0.3, -0.25) is 0 Å². The Balaban J connectivity index is 1.43. The van der Waals surface area contributed by atoms with E-state index >= 15 is 0 Å². The smallest absolute Gasteiger partial charge is 0.233 e. The molecule has 2 aliphatic heterocycles. The Labute approximate surface area is 219 Å². The molecule has 0 aliphatic carbocycles. The van der Waals surface area contributed by atoms with Crippen LogP contribution in [0.1, 0.15) is 6.92 Å². The second-order valence-corrected chi connectivity index (χ2v) is 11.2. The molecule has 0 radical (unpaired) electrons. The number of hydrogen-bond donors (Lipinski definition) is 1. The molecule has 0 bridgehead atoms. The zero-order chi connectivity index (χ0) is 26.9. The van der Waals surface area contributed by atoms with Crippen molar-refractivity contribution in [2.45, 2.75) is 17.9 Å². The Morgan fingerprint density at radius 1 is 0.974 bits per heavy atom. The van der Waals surface area contributed by atoms with Crippen molar-refractivity contribution < 1.29 is 21.9 Å². The van der Waals surface area contributed by atoms with Gasteiger partial charge in [-0.25, -0.2) is 22.2 Å². The molecule has 38 heavy (non-hydrogen) atoms. The zero-order valence-corrected chi connectivity index (χ0v) is 21.8. The highest BCUT2D eigenvalue weighted by Gasteiger charge is 2.30. The highest BCUT2D eigenvalue weighted by molar-refractivity contribution is 7.90. The van der Waals surface area contributed by atoms with E-state index in [-0.39, 0.29) is 16.9 Å². The van der Waals surface area contributed by atoms with Gasteiger partial charge in [0.15, 0.2) is 21.5 Å². The predicted octanol–water partition coefficient (Wildman–Crippen LogP) is 2.24. The van der Waals surface area contributed by atoms with E-state index in [1.807, 2.05) is 21.6 Å². The fraction of sp³-hybridized carbons (Fsp3) is 0.417. The van der Waals surface area contributed by atoms with Gasteiger partial charge in [-0.2, -0.15) is 15.0 Å². The van der Waals surface area contributed by atoms with Crippen molar-refractivity contribution in [3.63, 3.8) is 0 Å². The second-order valence-electron chi connectivity index (χ2n) is 9.20. The number of nitrogens with zero attached hydrogens (tertiary/aromatic N) is 7. The van der Waals surface area contributed by atoms with Crippen molar-refractivity contribution in [3.05, 3.63) is 48.2 Å². The van der Waals surface area contributed by atoms with Crippen molar-refractivity contribution in [2.24, 2.45) is 0 Å². The van der Waals surface area contributed by atoms with Crippen LogP contribution in [-0.2, 0) is 14.6 Å². The van der Waals surface area contributed by atoms with Gasteiger partial charge in [0.25, 0.3) is 0 Å². The topological polar surface area (TPSA) is 117 Å². The molecule has 1 N–H and O–H groups in total. The lowest BCUT2D eigenvalue weighted by Crippen LogP contribution is -2.53. The number of nitrogens with one attached hydrogen (secondary N) is 1. The summed E-state index contributed by atoms with van der Waals surface area (Å²) in [5.74, 6) is -0.441. The fourth-order valence-corrected chi connectivity index (χ4v) is 5.34. The average molecular weight is 547 g/mol. The third-order valence-corrected chi connectivity index (χ3v) is 7.53. The largest absolute Gasteiger partial charge is 0.378 e. The van der Waals surface area contributed by atoms with Crippen LogP contribution in [0.3, 0.4) is 0 Å². The number of rotatable bonds is 6. The molecule has 1 unspecified atom stereocenters. The molecule has 14 heteroatoms. The molecule has 5 rings (SSSR count). The molecule has 1 atom stereocenters. The fourth-order valence-electron chi connectivity index (χ4n) is 4.50. The molecule has 2 aromatic heterocycles. The lowest BCUT2D eigenvalue weighted by atomic mass is 10.2. The highest BCUT2D eigenvalue weighted by Crippen LogP contribution is 2.28. The van der Waals surface area contributed by atoms with Gasteiger partial charge in [-0.1, -0.05) is 0 Å². The van der Waals surface area contributed by atoms with Gasteiger partial charge in [0, 0.05) is 63.0 Å². The molecule has 0 spiro atoms. The molecule has 2 aliphatic rings. The molecule has 2 fully saturated rings. The van der Waals surface area contributed by atoms with Crippen LogP contribution in [0.5, 0.6) is 0 Å². The minimum absolute atomic E-state index is 0.103. The highest BCUT2D eigenvalue weighted by atomic mass is 32.2. The number of halogens is 2. The summed E-state index contributed by atoms with van der Waals surface area (Å²) in [7, 11) is -3.45. The minimum atomic E-state index is -3.45. The first kappa shape index (κ1) is 26.0. The number of morpholine rings is 1. The third kappa shape index (κ3) is 5.60. The van der Waals surface area contributed by atoms with Crippen LogP contribution in [0, 0.1) is 11.6 Å². The van der Waals surface area contributed by atoms with E-state index in [2.05, 4.69) is 20.3 Å². The molecule has 2 saturated heterocycles. The summed E-state index contributed by atoms with van der Waals surface area (Å²) in [6, 6.07) is 6.55. The Hall–Kier alpha value is -3.65. The van der Waals surface area contributed by atoms with Crippen LogP contribution in [0.4, 0.5) is 38.1 Å². The normalized spacial score (nSPS) is 18.5. The van der Waals surface area contributed by atoms with Crippen molar-refractivity contribution in [1.82, 2.24) is 19.9 Å². The minimum Gasteiger partial charge on any atom is -0.378 e. The standard InChI is InChI=1S/C24H28F2N8O3S/c1-16-15-33(21-20(38(2,35)36)4-3-7-27-21)8-9-34(16)24-30-22(28-17-5-6-18(25)19(26)14-17)29-23(31-24)32-10-12-37-13-11-32/h3-7,14,16H,8-13,15H2,1-2H3,(H,28,29,30,31). The van der Waals surface area contributed by atoms with Gasteiger partial charge < -0.3 is 24.8 Å². The van der Waals surface area contributed by atoms with Gasteiger partial charge >= 0.3 is 0 Å². The number of aromatic nitrogens is 4. The first-order chi connectivity index (χ1) is 18.2. The van der Waals surface area contributed by atoms with E-state index in [4.69, 9.17) is 9.72 Å². The van der Waals surface area contributed by atoms with Gasteiger partial charge in [0.2, 0.25) is 17.8 Å². The number of sulfone groups is 1. The average Bonchev–Trinajstić information content (AvgIpc) is 2.90. The number of anilines is 5. The molecule has 3 aromatic rings. The maximum Gasteiger partial charge on any atom is 0.233 e. The number of benzene rings is 1. The molecule has 11 nitrogen and oxygen atoms in total. The molecule has 0 amide bonds. The van der Waals surface area contributed by atoms with Gasteiger partial charge in [-0.15, -0.1) is 0 Å². The van der Waals surface area contributed by atoms with E-state index in [1.54, 1.807) is 18.3 Å². The Kier molecular flexibility index (Phi) is 7.25. The van der Waals surface area contributed by atoms with E-state index in [0.717, 1.165) is 12.1 Å². The SMILES string of the molecule is CC1CN(c2ncccc2S(C)(=O)=O)CCN1c1nc(Nc2ccc(F)c(F)c2)nc(N2CCOCC2)n1. The van der Waals surface area contributed by atoms with Crippen LogP contribution in [0.2, 0.25) is 0 Å². The number of pyridine rings is 1. The monoisotopic (exact) mass is 546 g/mol. The van der Waals surface area contributed by atoms with Crippen molar-refractivity contribution in [3.8, 4) is 0 Å². The summed E-state index contributed by atoms with van der Waals surface area (Å²) < 4.78 is 57.3. The van der Waals surface area contributed by atoms with Crippen LogP contribution < -0.4 is 20.0 Å². The lowest BCUT2D eigenvalue weighted by molar-refractivity contribution is 0.122. The second kappa shape index (κ2) is 10.6. The molecule has 4 heterocycles. The molecular formula is C24H28F2N8O3S. The van der Waals surface area contributed by atoms with Crippen LogP contribution in [0.15, 0.2) is 41.4 Å². The summed E-state index contributed by atoms with van der Waals surface area (Å²) in [6.45, 7) is 5.76. The summed E-state index contributed by atoms with van der Waals surface area (Å²) in [4.78, 5) is 24.3. The Bertz CT molecular complexity index is 1420. The number of ether oxygens (including phenoxy) is 1.